The summed E-state index contributed by atoms with van der Waals surface area (Å²) in [6.07, 6.45) is 1.04. The highest BCUT2D eigenvalue weighted by Crippen LogP contribution is 2.28. The minimum absolute atomic E-state index is 0.00413. The number of piperidine rings is 1. The van der Waals surface area contributed by atoms with E-state index in [1.165, 1.54) is 4.31 Å². The predicted molar refractivity (Wildman–Crippen MR) is 119 cm³/mol. The van der Waals surface area contributed by atoms with E-state index in [4.69, 9.17) is 9.47 Å². The van der Waals surface area contributed by atoms with E-state index >= 15 is 0 Å². The molecule has 31 heavy (non-hydrogen) atoms. The summed E-state index contributed by atoms with van der Waals surface area (Å²) in [5.41, 5.74) is 2.69. The zero-order chi connectivity index (χ0) is 22.4. The van der Waals surface area contributed by atoms with Crippen molar-refractivity contribution in [3.05, 3.63) is 59.2 Å². The number of ether oxygens (including phenoxy) is 2. The van der Waals surface area contributed by atoms with Crippen LogP contribution in [0.25, 0.3) is 0 Å². The van der Waals surface area contributed by atoms with Gasteiger partial charge in [0.1, 0.15) is 0 Å². The van der Waals surface area contributed by atoms with Crippen molar-refractivity contribution in [2.45, 2.75) is 32.1 Å². The number of hydrogen-bond donors (Lipinski definition) is 1. The Hall–Kier alpha value is -2.58. The maximum atomic E-state index is 12.8. The van der Waals surface area contributed by atoms with E-state index in [1.54, 1.807) is 20.3 Å². The van der Waals surface area contributed by atoms with Gasteiger partial charge in [-0.2, -0.15) is 0 Å². The number of methoxy groups -OCH3 is 2. The van der Waals surface area contributed by atoms with E-state index in [2.05, 4.69) is 5.32 Å². The molecule has 0 bridgehead atoms. The Kier molecular flexibility index (Phi) is 7.56. The molecule has 0 spiro atoms. The van der Waals surface area contributed by atoms with Crippen LogP contribution in [0.4, 0.5) is 0 Å². The molecule has 1 N–H and O–H groups in total. The van der Waals surface area contributed by atoms with E-state index in [0.717, 1.165) is 16.7 Å². The quantitative estimate of drug-likeness (QED) is 0.674. The molecule has 0 saturated carbocycles. The third-order valence-electron chi connectivity index (χ3n) is 5.73. The molecule has 1 saturated heterocycles. The standard InChI is InChI=1S/C23H30N2O5S/c1-17-6-4-5-7-20(17)16-31(27,28)25-12-10-19(11-13-25)23(26)24-15-18-8-9-21(29-2)22(14-18)30-3/h4-9,14,19H,10-13,15-16H2,1-3H3,(H,24,26). The number of hydrogen-bond acceptors (Lipinski definition) is 5. The van der Waals surface area contributed by atoms with Crippen molar-refractivity contribution in [2.75, 3.05) is 27.3 Å². The van der Waals surface area contributed by atoms with Crippen molar-refractivity contribution < 1.29 is 22.7 Å². The van der Waals surface area contributed by atoms with Gasteiger partial charge in [-0.05, 0) is 48.6 Å². The molecule has 0 aliphatic carbocycles. The molecule has 0 unspecified atom stereocenters. The maximum absolute atomic E-state index is 12.8. The molecule has 1 aliphatic rings. The van der Waals surface area contributed by atoms with Gasteiger partial charge in [-0.3, -0.25) is 4.79 Å². The highest BCUT2D eigenvalue weighted by Gasteiger charge is 2.31. The number of carbonyl (C=O) groups is 1. The van der Waals surface area contributed by atoms with Crippen LogP contribution in [0.2, 0.25) is 0 Å². The number of rotatable bonds is 8. The second kappa shape index (κ2) is 10.2. The second-order valence-electron chi connectivity index (χ2n) is 7.76. The van der Waals surface area contributed by atoms with Crippen LogP contribution in [0.5, 0.6) is 11.5 Å². The summed E-state index contributed by atoms with van der Waals surface area (Å²) in [5, 5.41) is 2.96. The van der Waals surface area contributed by atoms with Gasteiger partial charge < -0.3 is 14.8 Å². The molecule has 1 aliphatic heterocycles. The van der Waals surface area contributed by atoms with Crippen molar-refractivity contribution in [1.82, 2.24) is 9.62 Å². The van der Waals surface area contributed by atoms with Crippen LogP contribution < -0.4 is 14.8 Å². The average Bonchev–Trinajstić information content (AvgIpc) is 2.78. The van der Waals surface area contributed by atoms with Crippen LogP contribution in [-0.4, -0.2) is 45.9 Å². The first-order valence-corrected chi connectivity index (χ1v) is 12.0. The van der Waals surface area contributed by atoms with Gasteiger partial charge >= 0.3 is 0 Å². The monoisotopic (exact) mass is 446 g/mol. The van der Waals surface area contributed by atoms with Crippen LogP contribution in [0.15, 0.2) is 42.5 Å². The fourth-order valence-corrected chi connectivity index (χ4v) is 5.45. The zero-order valence-electron chi connectivity index (χ0n) is 18.3. The van der Waals surface area contributed by atoms with Gasteiger partial charge in [0.2, 0.25) is 15.9 Å². The number of nitrogens with one attached hydrogen (secondary N) is 1. The molecular formula is C23H30N2O5S. The lowest BCUT2D eigenvalue weighted by molar-refractivity contribution is -0.126. The molecule has 0 atom stereocenters. The average molecular weight is 447 g/mol. The lowest BCUT2D eigenvalue weighted by Crippen LogP contribution is -2.43. The first-order chi connectivity index (χ1) is 14.8. The maximum Gasteiger partial charge on any atom is 0.223 e. The molecule has 3 rings (SSSR count). The van der Waals surface area contributed by atoms with Crippen LogP contribution in [0.1, 0.15) is 29.5 Å². The lowest BCUT2D eigenvalue weighted by atomic mass is 9.97. The Bertz CT molecular complexity index is 1010. The summed E-state index contributed by atoms with van der Waals surface area (Å²) in [4.78, 5) is 12.6. The largest absolute Gasteiger partial charge is 0.493 e. The fourth-order valence-electron chi connectivity index (χ4n) is 3.78. The van der Waals surface area contributed by atoms with Crippen molar-refractivity contribution in [3.63, 3.8) is 0 Å². The Labute approximate surface area is 184 Å². The summed E-state index contributed by atoms with van der Waals surface area (Å²) in [5.74, 6) is 1.00. The smallest absolute Gasteiger partial charge is 0.223 e. The molecule has 1 heterocycles. The van der Waals surface area contributed by atoms with E-state index in [1.807, 2.05) is 43.3 Å². The molecule has 168 valence electrons. The minimum Gasteiger partial charge on any atom is -0.493 e. The first-order valence-electron chi connectivity index (χ1n) is 10.3. The van der Waals surface area contributed by atoms with Gasteiger partial charge in [-0.1, -0.05) is 30.3 Å². The van der Waals surface area contributed by atoms with Gasteiger partial charge in [0.15, 0.2) is 11.5 Å². The summed E-state index contributed by atoms with van der Waals surface area (Å²) in [7, 11) is -0.255. The lowest BCUT2D eigenvalue weighted by Gasteiger charge is -2.30. The van der Waals surface area contributed by atoms with Gasteiger partial charge in [0.05, 0.1) is 20.0 Å². The molecule has 8 heteroatoms. The molecule has 7 nitrogen and oxygen atoms in total. The molecular weight excluding hydrogens is 416 g/mol. The number of carbonyl (C=O) groups excluding carboxylic acids is 1. The first kappa shape index (κ1) is 23.1. The SMILES string of the molecule is COc1ccc(CNC(=O)C2CCN(S(=O)(=O)Cc3ccccc3C)CC2)cc1OC. The molecule has 1 fully saturated rings. The summed E-state index contributed by atoms with van der Waals surface area (Å²) >= 11 is 0. The highest BCUT2D eigenvalue weighted by atomic mass is 32.2. The normalized spacial score (nSPS) is 15.5. The number of benzene rings is 2. The van der Waals surface area contributed by atoms with Crippen molar-refractivity contribution in [1.29, 1.82) is 0 Å². The summed E-state index contributed by atoms with van der Waals surface area (Å²) in [6, 6.07) is 13.0. The van der Waals surface area contributed by atoms with Crippen LogP contribution >= 0.6 is 0 Å². The van der Waals surface area contributed by atoms with E-state index in [0.29, 0.717) is 44.0 Å². The van der Waals surface area contributed by atoms with E-state index in [-0.39, 0.29) is 17.6 Å². The van der Waals surface area contributed by atoms with Gasteiger partial charge in [-0.15, -0.1) is 0 Å². The van der Waals surface area contributed by atoms with Crippen LogP contribution in [0.3, 0.4) is 0 Å². The fraction of sp³-hybridized carbons (Fsp3) is 0.435. The second-order valence-corrected chi connectivity index (χ2v) is 9.73. The topological polar surface area (TPSA) is 84.9 Å². The van der Waals surface area contributed by atoms with E-state index < -0.39 is 10.0 Å². The Morgan fingerprint density at radius 1 is 1.06 bits per heavy atom. The van der Waals surface area contributed by atoms with Gasteiger partial charge in [0, 0.05) is 25.6 Å². The third kappa shape index (κ3) is 5.77. The van der Waals surface area contributed by atoms with Crippen molar-refractivity contribution >= 4 is 15.9 Å². The predicted octanol–water partition coefficient (Wildman–Crippen LogP) is 2.87. The number of nitrogens with zero attached hydrogens (tertiary/aromatic N) is 1. The summed E-state index contributed by atoms with van der Waals surface area (Å²) in [6.45, 7) is 3.02. The Balaban J connectivity index is 1.52. The van der Waals surface area contributed by atoms with Crippen molar-refractivity contribution in [3.8, 4) is 11.5 Å². The van der Waals surface area contributed by atoms with Gasteiger partial charge in [-0.25, -0.2) is 12.7 Å². The van der Waals surface area contributed by atoms with E-state index in [9.17, 15) is 13.2 Å². The highest BCUT2D eigenvalue weighted by molar-refractivity contribution is 7.88. The number of amides is 1. The van der Waals surface area contributed by atoms with Gasteiger partial charge in [0.25, 0.3) is 0 Å². The molecule has 0 radical (unpaired) electrons. The molecule has 1 amide bonds. The third-order valence-corrected chi connectivity index (χ3v) is 7.56. The molecule has 2 aromatic carbocycles. The van der Waals surface area contributed by atoms with Crippen molar-refractivity contribution in [2.24, 2.45) is 5.92 Å². The summed E-state index contributed by atoms with van der Waals surface area (Å²) < 4.78 is 37.7. The van der Waals surface area contributed by atoms with Crippen LogP contribution in [0, 0.1) is 12.8 Å². The molecule has 2 aromatic rings. The molecule has 0 aromatic heterocycles. The number of aryl methyl sites for hydroxylation is 1. The Morgan fingerprint density at radius 3 is 2.39 bits per heavy atom. The minimum atomic E-state index is -3.40. The number of sulfonamides is 1. The Morgan fingerprint density at radius 2 is 1.74 bits per heavy atom. The zero-order valence-corrected chi connectivity index (χ0v) is 19.1. The van der Waals surface area contributed by atoms with Crippen LogP contribution in [-0.2, 0) is 27.1 Å².